The summed E-state index contributed by atoms with van der Waals surface area (Å²) in [6.45, 7) is 3.05. The fourth-order valence-electron chi connectivity index (χ4n) is 4.13. The number of hydrogen-bond donors (Lipinski definition) is 1. The van der Waals surface area contributed by atoms with Crippen LogP contribution in [0.3, 0.4) is 0 Å². The number of hydrogen-bond acceptors (Lipinski definition) is 7. The molecule has 0 bridgehead atoms. The van der Waals surface area contributed by atoms with Crippen molar-refractivity contribution >= 4 is 6.02 Å². The molecule has 4 heterocycles. The lowest BCUT2D eigenvalue weighted by Gasteiger charge is -2.45. The molecule has 7 nitrogen and oxygen atoms in total. The van der Waals surface area contributed by atoms with Crippen molar-refractivity contribution in [3.8, 4) is 16.9 Å². The van der Waals surface area contributed by atoms with E-state index in [1.54, 1.807) is 12.4 Å². The topological polar surface area (TPSA) is 91.9 Å². The van der Waals surface area contributed by atoms with Gasteiger partial charge in [-0.15, -0.1) is 0 Å². The molecule has 3 aliphatic heterocycles. The molecule has 7 heteroatoms. The van der Waals surface area contributed by atoms with Crippen molar-refractivity contribution in [1.82, 2.24) is 9.97 Å². The van der Waals surface area contributed by atoms with Gasteiger partial charge in [0.05, 0.1) is 6.61 Å². The lowest BCUT2D eigenvalue weighted by atomic mass is 9.74. The number of nitrogens with two attached hydrogens (primary N) is 1. The van der Waals surface area contributed by atoms with E-state index in [0.29, 0.717) is 13.2 Å². The summed E-state index contributed by atoms with van der Waals surface area (Å²) in [7, 11) is 0. The Morgan fingerprint density at radius 3 is 2.80 bits per heavy atom. The summed E-state index contributed by atoms with van der Waals surface area (Å²) in [5, 5.41) is 0. The Morgan fingerprint density at radius 2 is 2.04 bits per heavy atom. The van der Waals surface area contributed by atoms with Gasteiger partial charge in [-0.05, 0) is 24.6 Å². The van der Waals surface area contributed by atoms with Gasteiger partial charge in [-0.3, -0.25) is 0 Å². The van der Waals surface area contributed by atoms with E-state index in [-0.39, 0.29) is 12.1 Å². The second-order valence-corrected chi connectivity index (χ2v) is 6.92. The van der Waals surface area contributed by atoms with Crippen molar-refractivity contribution in [2.45, 2.75) is 30.6 Å². The lowest BCUT2D eigenvalue weighted by molar-refractivity contribution is -0.0755. The van der Waals surface area contributed by atoms with Gasteiger partial charge in [0.25, 0.3) is 6.02 Å². The standard InChI is InChI=1S/C18H18N4O3/c1-17-4-5-23-15(17)18(9-24-16(19)22-18)13-6-11(2-3-14(13)25-17)12-7-20-10-21-8-12/h2-3,6-8,10,15H,4-5,9H2,1H3,(H2,19,22)/t15-,17+,18+/m1/s1. The number of aliphatic imine (C=N–C) groups is 1. The van der Waals surface area contributed by atoms with Crippen LogP contribution in [-0.4, -0.2) is 40.9 Å². The number of rotatable bonds is 1. The van der Waals surface area contributed by atoms with E-state index in [1.165, 1.54) is 6.33 Å². The minimum atomic E-state index is -0.686. The van der Waals surface area contributed by atoms with Crippen LogP contribution < -0.4 is 10.5 Å². The van der Waals surface area contributed by atoms with Crippen molar-refractivity contribution in [2.24, 2.45) is 10.7 Å². The molecule has 0 amide bonds. The molecule has 0 saturated carbocycles. The van der Waals surface area contributed by atoms with Gasteiger partial charge in [-0.2, -0.15) is 0 Å². The predicted octanol–water partition coefficient (Wildman–Crippen LogP) is 1.62. The summed E-state index contributed by atoms with van der Waals surface area (Å²) in [5.41, 5.74) is 7.60. The average molecular weight is 338 g/mol. The van der Waals surface area contributed by atoms with Crippen LogP contribution in [0.5, 0.6) is 5.75 Å². The normalized spacial score (nSPS) is 32.5. The summed E-state index contributed by atoms with van der Waals surface area (Å²) >= 11 is 0. The first kappa shape index (κ1) is 14.7. The van der Waals surface area contributed by atoms with Gasteiger partial charge in [-0.25, -0.2) is 15.0 Å². The van der Waals surface area contributed by atoms with Crippen molar-refractivity contribution < 1.29 is 14.2 Å². The summed E-state index contributed by atoms with van der Waals surface area (Å²) in [6.07, 6.45) is 5.65. The Bertz CT molecular complexity index is 872. The molecule has 2 N–H and O–H groups in total. The Balaban J connectivity index is 1.71. The molecule has 25 heavy (non-hydrogen) atoms. The van der Waals surface area contributed by atoms with E-state index in [0.717, 1.165) is 28.9 Å². The van der Waals surface area contributed by atoms with Crippen molar-refractivity contribution in [3.63, 3.8) is 0 Å². The zero-order chi connectivity index (χ0) is 17.1. The summed E-state index contributed by atoms with van der Waals surface area (Å²) in [5.74, 6) is 0.798. The largest absolute Gasteiger partial charge is 0.484 e. The highest BCUT2D eigenvalue weighted by Crippen LogP contribution is 2.53. The van der Waals surface area contributed by atoms with Gasteiger partial charge >= 0.3 is 0 Å². The van der Waals surface area contributed by atoms with Crippen molar-refractivity contribution in [3.05, 3.63) is 42.5 Å². The van der Waals surface area contributed by atoms with Crippen LogP contribution in [0.1, 0.15) is 18.9 Å². The van der Waals surface area contributed by atoms with E-state index < -0.39 is 11.1 Å². The second-order valence-electron chi connectivity index (χ2n) is 6.92. The molecule has 5 rings (SSSR count). The monoisotopic (exact) mass is 338 g/mol. The average Bonchev–Trinajstić information content (AvgIpc) is 3.20. The van der Waals surface area contributed by atoms with Crippen LogP contribution in [-0.2, 0) is 15.0 Å². The highest BCUT2D eigenvalue weighted by atomic mass is 16.6. The molecule has 0 unspecified atom stereocenters. The molecule has 3 atom stereocenters. The van der Waals surface area contributed by atoms with Crippen LogP contribution in [0.2, 0.25) is 0 Å². The smallest absolute Gasteiger partial charge is 0.283 e. The van der Waals surface area contributed by atoms with Crippen LogP contribution in [0.15, 0.2) is 41.9 Å². The Hall–Kier alpha value is -2.67. The first-order valence-corrected chi connectivity index (χ1v) is 8.29. The Kier molecular flexibility index (Phi) is 2.88. The number of aromatic nitrogens is 2. The maximum Gasteiger partial charge on any atom is 0.283 e. The molecule has 1 fully saturated rings. The lowest BCUT2D eigenvalue weighted by Crippen LogP contribution is -2.57. The fraction of sp³-hybridized carbons (Fsp3) is 0.389. The molecule has 1 spiro atoms. The van der Waals surface area contributed by atoms with E-state index in [2.05, 4.69) is 28.0 Å². The van der Waals surface area contributed by atoms with Gasteiger partial charge in [0.15, 0.2) is 5.54 Å². The van der Waals surface area contributed by atoms with Gasteiger partial charge in [0.1, 0.15) is 30.4 Å². The van der Waals surface area contributed by atoms with Gasteiger partial charge in [0.2, 0.25) is 0 Å². The summed E-state index contributed by atoms with van der Waals surface area (Å²) in [6, 6.07) is 6.23. The minimum absolute atomic E-state index is 0.194. The molecule has 2 aromatic rings. The maximum atomic E-state index is 6.33. The number of nitrogens with zero attached hydrogens (tertiary/aromatic N) is 3. The van der Waals surface area contributed by atoms with Gasteiger partial charge in [-0.1, -0.05) is 6.07 Å². The first-order valence-electron chi connectivity index (χ1n) is 8.29. The van der Waals surface area contributed by atoms with E-state index in [1.807, 2.05) is 12.1 Å². The SMILES string of the molecule is C[C@]12CCO[C@H]1[C@]1(COC(N)=N1)c1cc(-c3cncnc3)ccc1O2. The van der Waals surface area contributed by atoms with Crippen molar-refractivity contribution in [1.29, 1.82) is 0 Å². The van der Waals surface area contributed by atoms with E-state index in [4.69, 9.17) is 19.9 Å². The molecule has 128 valence electrons. The highest BCUT2D eigenvalue weighted by Gasteiger charge is 2.62. The molecule has 0 aliphatic carbocycles. The third-order valence-electron chi connectivity index (χ3n) is 5.30. The predicted molar refractivity (Wildman–Crippen MR) is 90.1 cm³/mol. The number of amidine groups is 1. The zero-order valence-electron chi connectivity index (χ0n) is 13.8. The molecular formula is C18H18N4O3. The Morgan fingerprint density at radius 1 is 1.20 bits per heavy atom. The minimum Gasteiger partial charge on any atom is -0.484 e. The van der Waals surface area contributed by atoms with E-state index >= 15 is 0 Å². The summed E-state index contributed by atoms with van der Waals surface area (Å²) < 4.78 is 18.0. The second kappa shape index (κ2) is 4.92. The van der Waals surface area contributed by atoms with E-state index in [9.17, 15) is 0 Å². The maximum absolute atomic E-state index is 6.33. The van der Waals surface area contributed by atoms with Crippen LogP contribution in [0.4, 0.5) is 0 Å². The number of fused-ring (bicyclic) bond motifs is 4. The molecule has 1 saturated heterocycles. The van der Waals surface area contributed by atoms with Crippen LogP contribution >= 0.6 is 0 Å². The third kappa shape index (κ3) is 1.99. The van der Waals surface area contributed by atoms with Gasteiger partial charge < -0.3 is 19.9 Å². The molecule has 0 radical (unpaired) electrons. The number of ether oxygens (including phenoxy) is 3. The highest BCUT2D eigenvalue weighted by molar-refractivity contribution is 5.75. The Labute approximate surface area is 144 Å². The summed E-state index contributed by atoms with van der Waals surface area (Å²) in [4.78, 5) is 12.9. The fourth-order valence-corrected chi connectivity index (χ4v) is 4.13. The third-order valence-corrected chi connectivity index (χ3v) is 5.30. The first-order chi connectivity index (χ1) is 12.1. The molecule has 3 aliphatic rings. The van der Waals surface area contributed by atoms with Crippen LogP contribution in [0, 0.1) is 0 Å². The number of benzene rings is 1. The van der Waals surface area contributed by atoms with Gasteiger partial charge in [0, 0.05) is 29.9 Å². The quantitative estimate of drug-likeness (QED) is 0.849. The van der Waals surface area contributed by atoms with Crippen LogP contribution in [0.25, 0.3) is 11.1 Å². The molecule has 1 aromatic heterocycles. The zero-order valence-corrected chi connectivity index (χ0v) is 13.8. The molecule has 1 aromatic carbocycles. The van der Waals surface area contributed by atoms with Crippen molar-refractivity contribution in [2.75, 3.05) is 13.2 Å². The molecular weight excluding hydrogens is 320 g/mol.